The summed E-state index contributed by atoms with van der Waals surface area (Å²) >= 11 is 0. The summed E-state index contributed by atoms with van der Waals surface area (Å²) < 4.78 is 13.3. The Balaban J connectivity index is 2.11. The van der Waals surface area contributed by atoms with Crippen molar-refractivity contribution in [3.8, 4) is 11.5 Å². The first kappa shape index (κ1) is 20.5. The average molecular weight is 391 g/mol. The lowest BCUT2D eigenvalue weighted by atomic mass is 10.00. The van der Waals surface area contributed by atoms with Crippen molar-refractivity contribution in [2.75, 3.05) is 46.9 Å². The zero-order valence-corrected chi connectivity index (χ0v) is 18.0. The van der Waals surface area contributed by atoms with E-state index in [0.717, 1.165) is 49.1 Å². The molecule has 154 valence electrons. The first-order valence-electron chi connectivity index (χ1n) is 10.1. The van der Waals surface area contributed by atoms with Gasteiger partial charge < -0.3 is 19.3 Å². The predicted octanol–water partition coefficient (Wildman–Crippen LogP) is -0.662. The van der Waals surface area contributed by atoms with Gasteiger partial charge in [0.25, 0.3) is 0 Å². The Morgan fingerprint density at radius 3 is 2.39 bits per heavy atom. The average Bonchev–Trinajstić information content (AvgIpc) is 3.18. The fourth-order valence-electron chi connectivity index (χ4n) is 4.10. The molecule has 1 aliphatic heterocycles. The van der Waals surface area contributed by atoms with Crippen molar-refractivity contribution in [1.82, 2.24) is 20.2 Å². The number of quaternary nitrogens is 2. The van der Waals surface area contributed by atoms with Gasteiger partial charge in [-0.1, -0.05) is 6.07 Å². The standard InChI is InChI=1S/C20H32N6O2/c1-7-24-11-13-25(14-12-24)17(19-21-22-23-26(19)20(2,3)4)15-9-8-10-16(27-5)18(15)28-6/h8-10,17H,7,11-14H2,1-6H3/p+2/t17-/m1/s1. The summed E-state index contributed by atoms with van der Waals surface area (Å²) in [7, 11) is 3.37. The lowest BCUT2D eigenvalue weighted by Crippen LogP contribution is -3.28. The predicted molar refractivity (Wildman–Crippen MR) is 106 cm³/mol. The van der Waals surface area contributed by atoms with Gasteiger partial charge in [0.05, 0.1) is 31.9 Å². The summed E-state index contributed by atoms with van der Waals surface area (Å²) in [5.74, 6) is 2.36. The van der Waals surface area contributed by atoms with Crippen LogP contribution in [0.4, 0.5) is 0 Å². The van der Waals surface area contributed by atoms with Crippen molar-refractivity contribution in [3.05, 3.63) is 29.6 Å². The summed E-state index contributed by atoms with van der Waals surface area (Å²) in [6, 6.07) is 6.04. The molecule has 3 rings (SSSR count). The number of likely N-dealkylation sites (N-methyl/N-ethyl adjacent to an activating group) is 1. The number of hydrogen-bond donors (Lipinski definition) is 2. The number of nitrogens with zero attached hydrogens (tertiary/aromatic N) is 4. The molecule has 0 aliphatic carbocycles. The molecular formula is C20H34N6O2+2. The second-order valence-electron chi connectivity index (χ2n) is 8.40. The first-order valence-corrected chi connectivity index (χ1v) is 10.1. The molecule has 1 saturated heterocycles. The number of ether oxygens (including phenoxy) is 2. The molecule has 0 radical (unpaired) electrons. The number of methoxy groups -OCH3 is 2. The topological polar surface area (TPSA) is 70.9 Å². The smallest absolute Gasteiger partial charge is 0.214 e. The summed E-state index contributed by atoms with van der Waals surface area (Å²) in [4.78, 5) is 3.11. The number of hydrogen-bond acceptors (Lipinski definition) is 5. The van der Waals surface area contributed by atoms with Crippen LogP contribution in [0, 0.1) is 0 Å². The quantitative estimate of drug-likeness (QED) is 0.685. The summed E-state index contributed by atoms with van der Waals surface area (Å²) in [6.07, 6.45) is 0. The summed E-state index contributed by atoms with van der Waals surface area (Å²) in [6.45, 7) is 14.2. The van der Waals surface area contributed by atoms with E-state index in [9.17, 15) is 0 Å². The molecule has 1 aromatic carbocycles. The third-order valence-electron chi connectivity index (χ3n) is 5.64. The van der Waals surface area contributed by atoms with Gasteiger partial charge in [0, 0.05) is 0 Å². The minimum atomic E-state index is -0.209. The van der Waals surface area contributed by atoms with Crippen molar-refractivity contribution in [1.29, 1.82) is 0 Å². The highest BCUT2D eigenvalue weighted by Gasteiger charge is 2.39. The highest BCUT2D eigenvalue weighted by molar-refractivity contribution is 5.48. The zero-order chi connectivity index (χ0) is 20.3. The number of rotatable bonds is 6. The molecule has 8 nitrogen and oxygen atoms in total. The van der Waals surface area contributed by atoms with Crippen LogP contribution in [0.1, 0.15) is 45.1 Å². The highest BCUT2D eigenvalue weighted by Crippen LogP contribution is 2.36. The molecule has 0 saturated carbocycles. The van der Waals surface area contributed by atoms with Crippen LogP contribution in [-0.2, 0) is 5.54 Å². The van der Waals surface area contributed by atoms with E-state index >= 15 is 0 Å². The maximum atomic E-state index is 5.78. The monoisotopic (exact) mass is 390 g/mol. The van der Waals surface area contributed by atoms with Gasteiger partial charge in [-0.3, -0.25) is 0 Å². The Morgan fingerprint density at radius 1 is 1.11 bits per heavy atom. The maximum Gasteiger partial charge on any atom is 0.214 e. The third-order valence-corrected chi connectivity index (χ3v) is 5.64. The molecule has 0 amide bonds. The third kappa shape index (κ3) is 3.98. The van der Waals surface area contributed by atoms with Crippen LogP contribution in [0.5, 0.6) is 11.5 Å². The fourth-order valence-corrected chi connectivity index (χ4v) is 4.10. The SMILES string of the molecule is CC[NH+]1CC[NH+]([C@H](c2cccc(OC)c2OC)c2nnnn2C(C)(C)C)CC1. The van der Waals surface area contributed by atoms with Crippen molar-refractivity contribution >= 4 is 0 Å². The Labute approximate surface area is 167 Å². The van der Waals surface area contributed by atoms with Crippen LogP contribution in [0.3, 0.4) is 0 Å². The Hall–Kier alpha value is -2.19. The van der Waals surface area contributed by atoms with E-state index in [1.807, 2.05) is 16.8 Å². The molecule has 1 aliphatic rings. The van der Waals surface area contributed by atoms with Gasteiger partial charge in [-0.2, -0.15) is 0 Å². The van der Waals surface area contributed by atoms with Crippen LogP contribution in [0.2, 0.25) is 0 Å². The van der Waals surface area contributed by atoms with E-state index in [-0.39, 0.29) is 11.6 Å². The van der Waals surface area contributed by atoms with E-state index in [1.54, 1.807) is 19.1 Å². The van der Waals surface area contributed by atoms with Gasteiger partial charge in [0.1, 0.15) is 26.2 Å². The molecule has 0 unspecified atom stereocenters. The van der Waals surface area contributed by atoms with Gasteiger partial charge >= 0.3 is 0 Å². The van der Waals surface area contributed by atoms with Crippen LogP contribution in [0.25, 0.3) is 0 Å². The van der Waals surface area contributed by atoms with Crippen molar-refractivity contribution < 1.29 is 19.3 Å². The van der Waals surface area contributed by atoms with Crippen molar-refractivity contribution in [3.63, 3.8) is 0 Å². The van der Waals surface area contributed by atoms with E-state index in [0.29, 0.717) is 0 Å². The maximum absolute atomic E-state index is 5.78. The van der Waals surface area contributed by atoms with Crippen LogP contribution in [-0.4, -0.2) is 67.2 Å². The zero-order valence-electron chi connectivity index (χ0n) is 18.0. The second-order valence-corrected chi connectivity index (χ2v) is 8.40. The summed E-state index contributed by atoms with van der Waals surface area (Å²) in [5.41, 5.74) is 0.858. The number of piperazine rings is 1. The molecule has 2 heterocycles. The van der Waals surface area contributed by atoms with Gasteiger partial charge in [0.15, 0.2) is 17.5 Å². The van der Waals surface area contributed by atoms with E-state index in [2.05, 4.69) is 49.3 Å². The van der Waals surface area contributed by atoms with Gasteiger partial charge in [-0.25, -0.2) is 4.68 Å². The lowest BCUT2D eigenvalue weighted by Gasteiger charge is -2.35. The Bertz CT molecular complexity index is 777. The molecule has 2 N–H and O–H groups in total. The molecule has 0 spiro atoms. The number of tetrazole rings is 1. The molecule has 1 aromatic heterocycles. The molecule has 2 aromatic rings. The van der Waals surface area contributed by atoms with Crippen LogP contribution >= 0.6 is 0 Å². The number of para-hydroxylation sites is 1. The second kappa shape index (κ2) is 8.45. The normalized spacial score (nSPS) is 21.4. The minimum absolute atomic E-state index is 0.0160. The first-order chi connectivity index (χ1) is 13.4. The molecule has 8 heteroatoms. The van der Waals surface area contributed by atoms with E-state index < -0.39 is 0 Å². The molecule has 1 fully saturated rings. The van der Waals surface area contributed by atoms with Gasteiger partial charge in [0.2, 0.25) is 5.82 Å². The molecular weight excluding hydrogens is 356 g/mol. The van der Waals surface area contributed by atoms with Gasteiger partial charge in [-0.15, -0.1) is 5.10 Å². The lowest BCUT2D eigenvalue weighted by molar-refractivity contribution is -1.02. The van der Waals surface area contributed by atoms with E-state index in [4.69, 9.17) is 9.47 Å². The molecule has 28 heavy (non-hydrogen) atoms. The summed E-state index contributed by atoms with van der Waals surface area (Å²) in [5, 5.41) is 12.8. The number of aromatic nitrogens is 4. The fraction of sp³-hybridized carbons (Fsp3) is 0.650. The van der Waals surface area contributed by atoms with Crippen molar-refractivity contribution in [2.24, 2.45) is 0 Å². The van der Waals surface area contributed by atoms with E-state index in [1.165, 1.54) is 11.4 Å². The Kier molecular flexibility index (Phi) is 6.20. The van der Waals surface area contributed by atoms with Gasteiger partial charge in [-0.05, 0) is 50.3 Å². The van der Waals surface area contributed by atoms with Crippen LogP contribution < -0.4 is 19.3 Å². The van der Waals surface area contributed by atoms with Crippen LogP contribution in [0.15, 0.2) is 18.2 Å². The Morgan fingerprint density at radius 2 is 1.82 bits per heavy atom. The number of nitrogens with one attached hydrogen (secondary N) is 2. The van der Waals surface area contributed by atoms with Crippen molar-refractivity contribution in [2.45, 2.75) is 39.3 Å². The molecule has 1 atom stereocenters. The molecule has 0 bridgehead atoms. The number of benzene rings is 1. The highest BCUT2D eigenvalue weighted by atomic mass is 16.5. The minimum Gasteiger partial charge on any atom is -0.493 e. The largest absolute Gasteiger partial charge is 0.493 e.